The molecule has 7 nitrogen and oxygen atoms in total. The minimum absolute atomic E-state index is 0.170. The zero-order valence-corrected chi connectivity index (χ0v) is 23.6. The second-order valence-electron chi connectivity index (χ2n) is 11.6. The molecule has 0 spiro atoms. The molecule has 1 amide bonds. The maximum atomic E-state index is 14.3. The van der Waals surface area contributed by atoms with Gasteiger partial charge in [0, 0.05) is 47.3 Å². The monoisotopic (exact) mass is 548 g/mol. The molecule has 40 heavy (non-hydrogen) atoms. The van der Waals surface area contributed by atoms with Crippen LogP contribution >= 0.6 is 0 Å². The predicted molar refractivity (Wildman–Crippen MR) is 155 cm³/mol. The first kappa shape index (κ1) is 28.1. The minimum atomic E-state index is -0.537. The molecular weight excluding hydrogens is 507 g/mol. The summed E-state index contributed by atoms with van der Waals surface area (Å²) in [6, 6.07) is 15.1. The number of carbonyl (C=O) groups excluding carboxylic acids is 1. The van der Waals surface area contributed by atoms with Gasteiger partial charge in [-0.2, -0.15) is 0 Å². The van der Waals surface area contributed by atoms with Crippen LogP contribution in [0.15, 0.2) is 53.7 Å². The molecule has 2 N–H and O–H groups in total. The highest BCUT2D eigenvalue weighted by molar-refractivity contribution is 6.01. The fourth-order valence-corrected chi connectivity index (χ4v) is 6.74. The number of piperidine rings is 1. The minimum Gasteiger partial charge on any atom is -0.445 e. The first-order valence-corrected chi connectivity index (χ1v) is 14.6. The number of halogens is 1. The van der Waals surface area contributed by atoms with Gasteiger partial charge >= 0.3 is 6.09 Å². The first-order chi connectivity index (χ1) is 19.4. The van der Waals surface area contributed by atoms with Crippen LogP contribution in [0.2, 0.25) is 0 Å². The van der Waals surface area contributed by atoms with E-state index < -0.39 is 6.09 Å². The fourth-order valence-electron chi connectivity index (χ4n) is 6.74. The summed E-state index contributed by atoms with van der Waals surface area (Å²) in [4.78, 5) is 15.3. The largest absolute Gasteiger partial charge is 0.445 e. The summed E-state index contributed by atoms with van der Waals surface area (Å²) < 4.78 is 22.0. The molecule has 214 valence electrons. The van der Waals surface area contributed by atoms with Crippen molar-refractivity contribution in [1.29, 1.82) is 0 Å². The molecule has 3 aromatic rings. The van der Waals surface area contributed by atoms with E-state index in [0.717, 1.165) is 54.5 Å². The van der Waals surface area contributed by atoms with Crippen LogP contribution in [0, 0.1) is 17.7 Å². The van der Waals surface area contributed by atoms with Crippen molar-refractivity contribution in [3.8, 4) is 0 Å². The standard InChI is InChI=1S/C32H41FN4O3/c1-22(2)24-8-11-26(12-9-24)36-16-14-27(15-17-36)37-30-13-10-25(33)18-28(30)29(19-35-39)31(37)20-34-32(38)40-21-23-6-4-3-5-7-23/h3-7,10,13,18-19,22,24,26-27,39H,8-9,11-12,14-17,20-21H2,1-2H3,(H,34,38)/b35-19-. The Hall–Kier alpha value is -3.39. The van der Waals surface area contributed by atoms with E-state index in [1.54, 1.807) is 6.07 Å². The number of nitrogens with zero attached hydrogens (tertiary/aromatic N) is 3. The number of hydrogen-bond acceptors (Lipinski definition) is 5. The van der Waals surface area contributed by atoms with Gasteiger partial charge in [-0.1, -0.05) is 49.3 Å². The number of likely N-dealkylation sites (tertiary alicyclic amines) is 1. The predicted octanol–water partition coefficient (Wildman–Crippen LogP) is 6.87. The van der Waals surface area contributed by atoms with Gasteiger partial charge in [-0.15, -0.1) is 0 Å². The van der Waals surface area contributed by atoms with Gasteiger partial charge in [-0.05, 0) is 74.1 Å². The highest BCUT2D eigenvalue weighted by atomic mass is 19.1. The van der Waals surface area contributed by atoms with Crippen molar-refractivity contribution in [1.82, 2.24) is 14.8 Å². The molecule has 1 aliphatic carbocycles. The normalized spacial score (nSPS) is 20.9. The lowest BCUT2D eigenvalue weighted by Gasteiger charge is -2.42. The topological polar surface area (TPSA) is 79.1 Å². The molecule has 0 bridgehead atoms. The zero-order chi connectivity index (χ0) is 28.1. The van der Waals surface area contributed by atoms with Crippen LogP contribution in [0.25, 0.3) is 10.9 Å². The molecule has 2 heterocycles. The Labute approximate surface area is 236 Å². The van der Waals surface area contributed by atoms with Crippen LogP contribution in [0.1, 0.15) is 75.2 Å². The van der Waals surface area contributed by atoms with Gasteiger partial charge in [0.15, 0.2) is 0 Å². The molecule has 2 aliphatic rings. The van der Waals surface area contributed by atoms with E-state index in [2.05, 4.69) is 33.8 Å². The molecule has 1 aromatic heterocycles. The number of carbonyl (C=O) groups is 1. The lowest BCUT2D eigenvalue weighted by Crippen LogP contribution is -2.44. The Kier molecular flexibility index (Phi) is 9.04. The molecular formula is C32H41FN4O3. The van der Waals surface area contributed by atoms with Crippen molar-refractivity contribution in [2.24, 2.45) is 17.0 Å². The van der Waals surface area contributed by atoms with Gasteiger partial charge in [0.1, 0.15) is 12.4 Å². The highest BCUT2D eigenvalue weighted by Crippen LogP contribution is 2.37. The molecule has 5 rings (SSSR count). The van der Waals surface area contributed by atoms with E-state index in [9.17, 15) is 14.4 Å². The van der Waals surface area contributed by atoms with Crippen LogP contribution < -0.4 is 5.32 Å². The van der Waals surface area contributed by atoms with Gasteiger partial charge in [-0.25, -0.2) is 9.18 Å². The van der Waals surface area contributed by atoms with Gasteiger partial charge in [0.05, 0.1) is 12.8 Å². The van der Waals surface area contributed by atoms with Crippen LogP contribution in [-0.4, -0.2) is 46.1 Å². The molecule has 0 atom stereocenters. The average Bonchev–Trinajstić information content (AvgIpc) is 3.28. The number of amides is 1. The average molecular weight is 549 g/mol. The number of nitrogens with one attached hydrogen (secondary N) is 1. The number of ether oxygens (including phenoxy) is 1. The number of hydrogen-bond donors (Lipinski definition) is 2. The molecule has 1 saturated heterocycles. The third-order valence-electron chi connectivity index (χ3n) is 8.97. The van der Waals surface area contributed by atoms with Crippen molar-refractivity contribution in [2.45, 2.75) is 77.6 Å². The van der Waals surface area contributed by atoms with E-state index in [4.69, 9.17) is 4.74 Å². The molecule has 2 fully saturated rings. The van der Waals surface area contributed by atoms with Gasteiger partial charge in [0.25, 0.3) is 0 Å². The molecule has 1 aliphatic heterocycles. The van der Waals surface area contributed by atoms with Crippen molar-refractivity contribution >= 4 is 23.2 Å². The lowest BCUT2D eigenvalue weighted by molar-refractivity contribution is 0.0888. The summed E-state index contributed by atoms with van der Waals surface area (Å²) in [7, 11) is 0. The quantitative estimate of drug-likeness (QED) is 0.183. The van der Waals surface area contributed by atoms with E-state index in [0.29, 0.717) is 17.0 Å². The Morgan fingerprint density at radius 3 is 2.48 bits per heavy atom. The Balaban J connectivity index is 1.32. The fraction of sp³-hybridized carbons (Fsp3) is 0.500. The summed E-state index contributed by atoms with van der Waals surface area (Å²) in [5.74, 6) is 1.25. The number of rotatable bonds is 8. The van der Waals surface area contributed by atoms with Crippen molar-refractivity contribution < 1.29 is 19.1 Å². The van der Waals surface area contributed by atoms with E-state index in [1.165, 1.54) is 44.0 Å². The van der Waals surface area contributed by atoms with Crippen molar-refractivity contribution in [3.05, 3.63) is 71.2 Å². The lowest BCUT2D eigenvalue weighted by atomic mass is 9.79. The van der Waals surface area contributed by atoms with Crippen molar-refractivity contribution in [2.75, 3.05) is 13.1 Å². The SMILES string of the molecule is CC(C)C1CCC(N2CCC(n3c(CNC(=O)OCc4ccccc4)c(/C=N\O)c4cc(F)ccc43)CC2)CC1. The van der Waals surface area contributed by atoms with E-state index >= 15 is 0 Å². The van der Waals surface area contributed by atoms with Crippen LogP contribution in [0.5, 0.6) is 0 Å². The number of benzene rings is 2. The maximum absolute atomic E-state index is 14.3. The van der Waals surface area contributed by atoms with E-state index in [1.807, 2.05) is 30.3 Å². The van der Waals surface area contributed by atoms with Gasteiger partial charge in [0.2, 0.25) is 0 Å². The number of aromatic nitrogens is 1. The van der Waals surface area contributed by atoms with Crippen LogP contribution in [0.3, 0.4) is 0 Å². The van der Waals surface area contributed by atoms with E-state index in [-0.39, 0.29) is 25.0 Å². The second-order valence-corrected chi connectivity index (χ2v) is 11.6. The van der Waals surface area contributed by atoms with Gasteiger partial charge in [-0.3, -0.25) is 0 Å². The second kappa shape index (κ2) is 12.9. The summed E-state index contributed by atoms with van der Waals surface area (Å²) in [6.45, 7) is 7.05. The smallest absolute Gasteiger partial charge is 0.407 e. The summed E-state index contributed by atoms with van der Waals surface area (Å²) in [5, 5.41) is 16.3. The maximum Gasteiger partial charge on any atom is 0.407 e. The Morgan fingerprint density at radius 1 is 1.07 bits per heavy atom. The van der Waals surface area contributed by atoms with Crippen molar-refractivity contribution in [3.63, 3.8) is 0 Å². The number of alkyl carbamates (subject to hydrolysis) is 1. The zero-order valence-electron chi connectivity index (χ0n) is 23.6. The Morgan fingerprint density at radius 2 is 1.80 bits per heavy atom. The third kappa shape index (κ3) is 6.33. The van der Waals surface area contributed by atoms with Gasteiger partial charge < -0.3 is 24.7 Å². The highest BCUT2D eigenvalue weighted by Gasteiger charge is 2.32. The third-order valence-corrected chi connectivity index (χ3v) is 8.97. The summed E-state index contributed by atoms with van der Waals surface area (Å²) >= 11 is 0. The molecule has 1 saturated carbocycles. The molecule has 0 radical (unpaired) electrons. The number of fused-ring (bicyclic) bond motifs is 1. The van der Waals surface area contributed by atoms with Crippen LogP contribution in [-0.2, 0) is 17.9 Å². The first-order valence-electron chi connectivity index (χ1n) is 14.6. The van der Waals surface area contributed by atoms with Crippen LogP contribution in [0.4, 0.5) is 9.18 Å². The molecule has 2 aromatic carbocycles. The summed E-state index contributed by atoms with van der Waals surface area (Å²) in [5.41, 5.74) is 3.17. The molecule has 0 unspecified atom stereocenters. The number of oxime groups is 1. The molecule has 8 heteroatoms. The Bertz CT molecular complexity index is 1310. The summed E-state index contributed by atoms with van der Waals surface area (Å²) in [6.07, 6.45) is 7.91.